The molecule has 0 saturated carbocycles. The molecule has 2 N–H and O–H groups in total. The molecule has 1 aromatic rings. The summed E-state index contributed by atoms with van der Waals surface area (Å²) in [7, 11) is 0. The molecule has 0 aliphatic carbocycles. The number of aryl methyl sites for hydroxylation is 2. The van der Waals surface area contributed by atoms with Gasteiger partial charge in [0.2, 0.25) is 0 Å². The molecule has 0 aliphatic heterocycles. The molecule has 14 heavy (non-hydrogen) atoms. The third-order valence-corrected chi connectivity index (χ3v) is 3.07. The summed E-state index contributed by atoms with van der Waals surface area (Å²) in [6, 6.07) is 2.12. The van der Waals surface area contributed by atoms with Crippen molar-refractivity contribution in [2.24, 2.45) is 5.73 Å². The summed E-state index contributed by atoms with van der Waals surface area (Å²) < 4.78 is 0. The van der Waals surface area contributed by atoms with Gasteiger partial charge >= 0.3 is 0 Å². The first-order valence-corrected chi connectivity index (χ1v) is 5.76. The average Bonchev–Trinajstić information content (AvgIpc) is 2.01. The Balaban J connectivity index is 3.11. The third-order valence-electron chi connectivity index (χ3n) is 1.98. The van der Waals surface area contributed by atoms with Crippen molar-refractivity contribution in [2.45, 2.75) is 44.4 Å². The van der Waals surface area contributed by atoms with E-state index in [0.29, 0.717) is 11.8 Å². The fourth-order valence-electron chi connectivity index (χ4n) is 1.43. The van der Waals surface area contributed by atoms with Gasteiger partial charge in [0, 0.05) is 33.6 Å². The minimum atomic E-state index is 0.578. The molecule has 3 heteroatoms. The van der Waals surface area contributed by atoms with Crippen molar-refractivity contribution in [1.29, 1.82) is 0 Å². The summed E-state index contributed by atoms with van der Waals surface area (Å²) in [4.78, 5) is 5.70. The highest BCUT2D eigenvalue weighted by molar-refractivity contribution is 8.00. The summed E-state index contributed by atoms with van der Waals surface area (Å²) in [5.74, 6) is 0. The number of nitrogens with two attached hydrogens (primary N) is 1. The predicted molar refractivity (Wildman–Crippen MR) is 62.6 cm³/mol. The highest BCUT2D eigenvalue weighted by Crippen LogP contribution is 2.28. The molecule has 1 rings (SSSR count). The van der Waals surface area contributed by atoms with E-state index in [2.05, 4.69) is 24.9 Å². The van der Waals surface area contributed by atoms with E-state index in [9.17, 15) is 0 Å². The highest BCUT2D eigenvalue weighted by Gasteiger charge is 2.08. The van der Waals surface area contributed by atoms with Gasteiger partial charge in [-0.1, -0.05) is 13.8 Å². The smallest absolute Gasteiger partial charge is 0.0431 e. The molecular weight excluding hydrogens is 192 g/mol. The molecule has 1 heterocycles. The summed E-state index contributed by atoms with van der Waals surface area (Å²) in [5, 5.41) is 0.585. The van der Waals surface area contributed by atoms with Crippen LogP contribution in [0.25, 0.3) is 0 Å². The average molecular weight is 210 g/mol. The fraction of sp³-hybridized carbons (Fsp3) is 0.545. The topological polar surface area (TPSA) is 38.9 Å². The van der Waals surface area contributed by atoms with Crippen molar-refractivity contribution < 1.29 is 0 Å². The zero-order valence-electron chi connectivity index (χ0n) is 9.29. The van der Waals surface area contributed by atoms with E-state index in [1.54, 1.807) is 0 Å². The van der Waals surface area contributed by atoms with Crippen molar-refractivity contribution >= 4 is 11.8 Å². The second-order valence-corrected chi connectivity index (χ2v) is 5.31. The maximum atomic E-state index is 5.72. The van der Waals surface area contributed by atoms with Crippen LogP contribution in [0.15, 0.2) is 11.0 Å². The second-order valence-electron chi connectivity index (χ2n) is 3.70. The Morgan fingerprint density at radius 1 is 1.43 bits per heavy atom. The normalized spacial score (nSPS) is 11.0. The summed E-state index contributed by atoms with van der Waals surface area (Å²) in [5.41, 5.74) is 9.05. The van der Waals surface area contributed by atoms with Crippen LogP contribution in [0.4, 0.5) is 0 Å². The molecular formula is C11H18N2S. The number of rotatable bonds is 3. The van der Waals surface area contributed by atoms with Gasteiger partial charge in [-0.2, -0.15) is 0 Å². The fourth-order valence-corrected chi connectivity index (χ4v) is 2.55. The number of hydrogen-bond donors (Lipinski definition) is 1. The number of hydrogen-bond acceptors (Lipinski definition) is 3. The molecule has 0 aromatic carbocycles. The van der Waals surface area contributed by atoms with Crippen LogP contribution >= 0.6 is 11.8 Å². The summed E-state index contributed by atoms with van der Waals surface area (Å²) >= 11 is 1.86. The quantitative estimate of drug-likeness (QED) is 0.780. The van der Waals surface area contributed by atoms with Crippen LogP contribution in [0.3, 0.4) is 0 Å². The van der Waals surface area contributed by atoms with Gasteiger partial charge in [-0.25, -0.2) is 0 Å². The van der Waals surface area contributed by atoms with Gasteiger partial charge in [0.25, 0.3) is 0 Å². The second kappa shape index (κ2) is 4.80. The molecule has 1 aromatic heterocycles. The van der Waals surface area contributed by atoms with Crippen molar-refractivity contribution in [2.75, 3.05) is 0 Å². The van der Waals surface area contributed by atoms with Crippen LogP contribution < -0.4 is 5.73 Å². The van der Waals surface area contributed by atoms with Crippen LogP contribution in [0.2, 0.25) is 0 Å². The first kappa shape index (κ1) is 11.5. The molecule has 0 atom stereocenters. The van der Waals surface area contributed by atoms with Gasteiger partial charge in [0.05, 0.1) is 0 Å². The van der Waals surface area contributed by atoms with E-state index < -0.39 is 0 Å². The van der Waals surface area contributed by atoms with Crippen molar-refractivity contribution in [3.8, 4) is 0 Å². The summed E-state index contributed by atoms with van der Waals surface area (Å²) in [6.07, 6.45) is 0. The SMILES string of the molecule is Cc1cc(SC(C)C)c(CN)c(C)n1. The van der Waals surface area contributed by atoms with Crippen molar-refractivity contribution in [1.82, 2.24) is 4.98 Å². The van der Waals surface area contributed by atoms with Crippen LogP contribution in [-0.2, 0) is 6.54 Å². The van der Waals surface area contributed by atoms with Crippen LogP contribution in [0.5, 0.6) is 0 Å². The Labute approximate surface area is 90.3 Å². The van der Waals surface area contributed by atoms with Crippen LogP contribution in [-0.4, -0.2) is 10.2 Å². The molecule has 78 valence electrons. The predicted octanol–water partition coefficient (Wildman–Crippen LogP) is 2.66. The van der Waals surface area contributed by atoms with Gasteiger partial charge in [0.15, 0.2) is 0 Å². The molecule has 0 radical (unpaired) electrons. The Morgan fingerprint density at radius 3 is 2.57 bits per heavy atom. The van der Waals surface area contributed by atoms with Crippen LogP contribution in [0, 0.1) is 13.8 Å². The lowest BCUT2D eigenvalue weighted by Crippen LogP contribution is -2.05. The zero-order chi connectivity index (χ0) is 10.7. The van der Waals surface area contributed by atoms with Crippen LogP contribution in [0.1, 0.15) is 30.8 Å². The minimum absolute atomic E-state index is 0.578. The maximum Gasteiger partial charge on any atom is 0.0431 e. The Hall–Kier alpha value is -0.540. The number of thioether (sulfide) groups is 1. The lowest BCUT2D eigenvalue weighted by Gasteiger charge is -2.12. The molecule has 0 unspecified atom stereocenters. The monoisotopic (exact) mass is 210 g/mol. The van der Waals surface area contributed by atoms with Gasteiger partial charge in [0.1, 0.15) is 0 Å². The van der Waals surface area contributed by atoms with Gasteiger partial charge < -0.3 is 5.73 Å². The Kier molecular flexibility index (Phi) is 3.96. The molecule has 0 amide bonds. The first-order valence-electron chi connectivity index (χ1n) is 4.88. The van der Waals surface area contributed by atoms with Gasteiger partial charge in [-0.05, 0) is 19.9 Å². The minimum Gasteiger partial charge on any atom is -0.326 e. The van der Waals surface area contributed by atoms with E-state index in [4.69, 9.17) is 5.73 Å². The van der Waals surface area contributed by atoms with Crippen molar-refractivity contribution in [3.05, 3.63) is 23.0 Å². The molecule has 0 saturated heterocycles. The van der Waals surface area contributed by atoms with Gasteiger partial charge in [-0.3, -0.25) is 4.98 Å². The molecule has 0 spiro atoms. The number of nitrogens with zero attached hydrogens (tertiary/aromatic N) is 1. The summed E-state index contributed by atoms with van der Waals surface area (Å²) in [6.45, 7) is 9.01. The lowest BCUT2D eigenvalue weighted by molar-refractivity contribution is 0.941. The first-order chi connectivity index (χ1) is 6.54. The van der Waals surface area contributed by atoms with E-state index in [1.807, 2.05) is 25.6 Å². The zero-order valence-corrected chi connectivity index (χ0v) is 10.1. The Bertz CT molecular complexity index is 321. The molecule has 0 fully saturated rings. The van der Waals surface area contributed by atoms with E-state index in [-0.39, 0.29) is 0 Å². The number of aromatic nitrogens is 1. The maximum absolute atomic E-state index is 5.72. The molecule has 0 bridgehead atoms. The van der Waals surface area contributed by atoms with Crippen molar-refractivity contribution in [3.63, 3.8) is 0 Å². The third kappa shape index (κ3) is 2.72. The van der Waals surface area contributed by atoms with Gasteiger partial charge in [-0.15, -0.1) is 11.8 Å². The Morgan fingerprint density at radius 2 is 2.07 bits per heavy atom. The van der Waals surface area contributed by atoms with E-state index >= 15 is 0 Å². The molecule has 0 aliphatic rings. The lowest BCUT2D eigenvalue weighted by atomic mass is 10.2. The largest absolute Gasteiger partial charge is 0.326 e. The van der Waals surface area contributed by atoms with E-state index in [1.165, 1.54) is 10.5 Å². The highest BCUT2D eigenvalue weighted by atomic mass is 32.2. The number of pyridine rings is 1. The van der Waals surface area contributed by atoms with E-state index in [0.717, 1.165) is 11.4 Å². The standard InChI is InChI=1S/C11H18N2S/c1-7(2)14-11-5-8(3)13-9(4)10(11)6-12/h5,7H,6,12H2,1-4H3. The molecule has 2 nitrogen and oxygen atoms in total.